The van der Waals surface area contributed by atoms with Crippen molar-refractivity contribution in [1.29, 1.82) is 0 Å². The smallest absolute Gasteiger partial charge is 0.157 e. The monoisotopic (exact) mass is 283 g/mol. The van der Waals surface area contributed by atoms with Crippen molar-refractivity contribution in [3.63, 3.8) is 0 Å². The minimum atomic E-state index is -0.413. The number of nitrogens with zero attached hydrogens (tertiary/aromatic N) is 1. The van der Waals surface area contributed by atoms with Crippen molar-refractivity contribution in [3.8, 4) is 10.6 Å². The van der Waals surface area contributed by atoms with Gasteiger partial charge in [0.2, 0.25) is 0 Å². The molecular formula is C15H10FN3S. The molecule has 0 atom stereocenters. The first-order valence-electron chi connectivity index (χ1n) is 6.15. The molecule has 0 fully saturated rings. The summed E-state index contributed by atoms with van der Waals surface area (Å²) in [6.45, 7) is 0. The second-order valence-corrected chi connectivity index (χ2v) is 5.70. The minimum Gasteiger partial charge on any atom is -0.396 e. The molecule has 4 aromatic rings. The Labute approximate surface area is 117 Å². The minimum absolute atomic E-state index is 0.140. The first kappa shape index (κ1) is 11.4. The molecule has 0 aliphatic heterocycles. The molecule has 2 aromatic heterocycles. The van der Waals surface area contributed by atoms with Crippen LogP contribution in [-0.2, 0) is 0 Å². The lowest BCUT2D eigenvalue weighted by atomic mass is 10.1. The molecule has 3 nitrogen and oxygen atoms in total. The molecular weight excluding hydrogens is 273 g/mol. The average Bonchev–Trinajstić information content (AvgIpc) is 3.06. The van der Waals surface area contributed by atoms with Crippen LogP contribution in [-0.4, -0.2) is 10.2 Å². The molecule has 98 valence electrons. The average molecular weight is 283 g/mol. The summed E-state index contributed by atoms with van der Waals surface area (Å²) in [6, 6.07) is 13.4. The number of thiophene rings is 1. The van der Waals surface area contributed by atoms with E-state index < -0.39 is 5.82 Å². The SMILES string of the molecule is Nc1ccc2[nH]nc(-c3cc4ccccc4s3)c2c1F. The molecule has 0 aliphatic carbocycles. The van der Waals surface area contributed by atoms with Gasteiger partial charge in [-0.2, -0.15) is 5.10 Å². The van der Waals surface area contributed by atoms with Crippen molar-refractivity contribution in [2.75, 3.05) is 5.73 Å². The molecule has 20 heavy (non-hydrogen) atoms. The van der Waals surface area contributed by atoms with Crippen LogP contribution in [0.15, 0.2) is 42.5 Å². The molecule has 0 radical (unpaired) electrons. The van der Waals surface area contributed by atoms with Crippen molar-refractivity contribution in [3.05, 3.63) is 48.3 Å². The van der Waals surface area contributed by atoms with E-state index in [2.05, 4.69) is 10.2 Å². The Morgan fingerprint density at radius 3 is 2.85 bits per heavy atom. The fourth-order valence-corrected chi connectivity index (χ4v) is 3.42. The molecule has 0 amide bonds. The number of aromatic amines is 1. The molecule has 0 spiro atoms. The van der Waals surface area contributed by atoms with Crippen LogP contribution in [0.2, 0.25) is 0 Å². The maximum atomic E-state index is 14.3. The topological polar surface area (TPSA) is 54.7 Å². The van der Waals surface area contributed by atoms with Gasteiger partial charge in [-0.25, -0.2) is 4.39 Å². The molecule has 0 aliphatic rings. The van der Waals surface area contributed by atoms with E-state index in [1.54, 1.807) is 23.5 Å². The van der Waals surface area contributed by atoms with E-state index >= 15 is 0 Å². The van der Waals surface area contributed by atoms with E-state index in [4.69, 9.17) is 5.73 Å². The summed E-state index contributed by atoms with van der Waals surface area (Å²) in [5.74, 6) is -0.413. The van der Waals surface area contributed by atoms with Crippen molar-refractivity contribution < 1.29 is 4.39 Å². The molecule has 4 rings (SSSR count). The van der Waals surface area contributed by atoms with Gasteiger partial charge in [0.25, 0.3) is 0 Å². The zero-order valence-electron chi connectivity index (χ0n) is 10.4. The number of nitrogens with two attached hydrogens (primary N) is 1. The summed E-state index contributed by atoms with van der Waals surface area (Å²) in [6.07, 6.45) is 0. The number of nitrogens with one attached hydrogen (secondary N) is 1. The highest BCUT2D eigenvalue weighted by Crippen LogP contribution is 2.37. The van der Waals surface area contributed by atoms with Crippen molar-refractivity contribution in [2.24, 2.45) is 0 Å². The first-order chi connectivity index (χ1) is 9.74. The van der Waals surface area contributed by atoms with Crippen LogP contribution < -0.4 is 5.73 Å². The predicted octanol–water partition coefficient (Wildman–Crippen LogP) is 4.17. The van der Waals surface area contributed by atoms with Crippen LogP contribution in [0, 0.1) is 5.82 Å². The molecule has 0 saturated carbocycles. The third kappa shape index (κ3) is 1.53. The Morgan fingerprint density at radius 2 is 2.00 bits per heavy atom. The van der Waals surface area contributed by atoms with Crippen LogP contribution in [0.5, 0.6) is 0 Å². The summed E-state index contributed by atoms with van der Waals surface area (Å²) >= 11 is 1.59. The molecule has 0 unspecified atom stereocenters. The first-order valence-corrected chi connectivity index (χ1v) is 6.96. The number of fused-ring (bicyclic) bond motifs is 2. The normalized spacial score (nSPS) is 11.4. The van der Waals surface area contributed by atoms with E-state index in [1.165, 1.54) is 0 Å². The van der Waals surface area contributed by atoms with Gasteiger partial charge in [-0.05, 0) is 29.7 Å². The number of anilines is 1. The van der Waals surface area contributed by atoms with Gasteiger partial charge in [0.05, 0.1) is 21.5 Å². The lowest BCUT2D eigenvalue weighted by Gasteiger charge is -1.98. The van der Waals surface area contributed by atoms with Crippen molar-refractivity contribution in [1.82, 2.24) is 10.2 Å². The summed E-state index contributed by atoms with van der Waals surface area (Å²) in [4.78, 5) is 0.932. The number of benzene rings is 2. The number of rotatable bonds is 1. The lowest BCUT2D eigenvalue weighted by Crippen LogP contribution is -1.90. The number of aromatic nitrogens is 2. The fraction of sp³-hybridized carbons (Fsp3) is 0. The Bertz CT molecular complexity index is 906. The maximum absolute atomic E-state index is 14.3. The lowest BCUT2D eigenvalue weighted by molar-refractivity contribution is 0.644. The Hall–Kier alpha value is -2.40. The second-order valence-electron chi connectivity index (χ2n) is 4.61. The fourth-order valence-electron chi connectivity index (χ4n) is 2.37. The third-order valence-electron chi connectivity index (χ3n) is 3.36. The zero-order chi connectivity index (χ0) is 13.7. The van der Waals surface area contributed by atoms with Crippen LogP contribution in [0.3, 0.4) is 0 Å². The Morgan fingerprint density at radius 1 is 1.15 bits per heavy atom. The quantitative estimate of drug-likeness (QED) is 0.515. The summed E-state index contributed by atoms with van der Waals surface area (Å²) in [5.41, 5.74) is 7.07. The number of halogens is 1. The van der Waals surface area contributed by atoms with Crippen molar-refractivity contribution >= 4 is 38.0 Å². The number of nitrogen functional groups attached to an aromatic ring is 1. The van der Waals surface area contributed by atoms with Gasteiger partial charge in [-0.15, -0.1) is 11.3 Å². The van der Waals surface area contributed by atoms with E-state index in [1.807, 2.05) is 30.3 Å². The highest BCUT2D eigenvalue weighted by Gasteiger charge is 2.16. The molecule has 0 saturated heterocycles. The van der Waals surface area contributed by atoms with Crippen LogP contribution in [0.25, 0.3) is 31.6 Å². The van der Waals surface area contributed by atoms with Gasteiger partial charge in [-0.3, -0.25) is 5.10 Å². The van der Waals surface area contributed by atoms with Crippen LogP contribution in [0.1, 0.15) is 0 Å². The van der Waals surface area contributed by atoms with Gasteiger partial charge in [0.15, 0.2) is 5.82 Å². The second kappa shape index (κ2) is 4.05. The molecule has 5 heteroatoms. The predicted molar refractivity (Wildman–Crippen MR) is 81.3 cm³/mol. The molecule has 2 aromatic carbocycles. The molecule has 2 heterocycles. The summed E-state index contributed by atoms with van der Waals surface area (Å²) in [7, 11) is 0. The number of H-pyrrole nitrogens is 1. The number of hydrogen-bond donors (Lipinski definition) is 2. The maximum Gasteiger partial charge on any atom is 0.157 e. The van der Waals surface area contributed by atoms with Crippen LogP contribution >= 0.6 is 11.3 Å². The van der Waals surface area contributed by atoms with Gasteiger partial charge in [-0.1, -0.05) is 18.2 Å². The van der Waals surface area contributed by atoms with Gasteiger partial charge >= 0.3 is 0 Å². The van der Waals surface area contributed by atoms with Gasteiger partial charge in [0.1, 0.15) is 5.69 Å². The standard InChI is InChI=1S/C15H10FN3S/c16-14-9(17)5-6-10-13(14)15(19-18-10)12-7-8-3-1-2-4-11(8)20-12/h1-7H,17H2,(H,18,19). The largest absolute Gasteiger partial charge is 0.396 e. The van der Waals surface area contributed by atoms with E-state index in [9.17, 15) is 4.39 Å². The van der Waals surface area contributed by atoms with E-state index in [0.717, 1.165) is 15.0 Å². The summed E-state index contributed by atoms with van der Waals surface area (Å²) in [5, 5.41) is 8.70. The van der Waals surface area contributed by atoms with Gasteiger partial charge < -0.3 is 5.73 Å². The molecule has 0 bridgehead atoms. The van der Waals surface area contributed by atoms with Crippen molar-refractivity contribution in [2.45, 2.75) is 0 Å². The Balaban J connectivity index is 2.04. The highest BCUT2D eigenvalue weighted by atomic mass is 32.1. The van der Waals surface area contributed by atoms with E-state index in [-0.39, 0.29) is 5.69 Å². The highest BCUT2D eigenvalue weighted by molar-refractivity contribution is 7.22. The summed E-state index contributed by atoms with van der Waals surface area (Å²) < 4.78 is 15.4. The van der Waals surface area contributed by atoms with Crippen LogP contribution in [0.4, 0.5) is 10.1 Å². The zero-order valence-corrected chi connectivity index (χ0v) is 11.2. The van der Waals surface area contributed by atoms with E-state index in [0.29, 0.717) is 16.6 Å². The third-order valence-corrected chi connectivity index (χ3v) is 4.48. The number of hydrogen-bond acceptors (Lipinski definition) is 3. The Kier molecular flexibility index (Phi) is 2.31. The van der Waals surface area contributed by atoms with Gasteiger partial charge in [0, 0.05) is 4.70 Å². The molecule has 3 N–H and O–H groups in total.